The van der Waals surface area contributed by atoms with Gasteiger partial charge in [0.2, 0.25) is 0 Å². The largest absolute Gasteiger partial charge is 0.228 e. The summed E-state index contributed by atoms with van der Waals surface area (Å²) in [6.07, 6.45) is 0. The molecule has 0 saturated carbocycles. The first kappa shape index (κ1) is 37.8. The van der Waals surface area contributed by atoms with Crippen LogP contribution >= 0.6 is 0 Å². The molecule has 10 aromatic rings. The molecule has 2 aliphatic rings. The Labute approximate surface area is 375 Å². The van der Waals surface area contributed by atoms with Crippen molar-refractivity contribution in [3.63, 3.8) is 0 Å². The monoisotopic (exact) mass is 816 g/mol. The van der Waals surface area contributed by atoms with Crippen molar-refractivity contribution in [3.8, 4) is 78.4 Å². The van der Waals surface area contributed by atoms with Crippen molar-refractivity contribution in [3.05, 3.63) is 264 Å². The summed E-state index contributed by atoms with van der Waals surface area (Å²) >= 11 is 0. The van der Waals surface area contributed by atoms with E-state index in [4.69, 9.17) is 9.97 Å². The summed E-state index contributed by atoms with van der Waals surface area (Å²) in [5, 5.41) is 0. The number of hydrogen-bond donors (Lipinski definition) is 0. The summed E-state index contributed by atoms with van der Waals surface area (Å²) in [6, 6.07) is 83.9. The maximum Gasteiger partial charge on any atom is 0.160 e. The van der Waals surface area contributed by atoms with Crippen LogP contribution in [0.1, 0.15) is 47.2 Å². The minimum atomic E-state index is -0.484. The summed E-state index contributed by atoms with van der Waals surface area (Å²) in [4.78, 5) is 10.8. The molecule has 64 heavy (non-hydrogen) atoms. The minimum absolute atomic E-state index is 0.221. The van der Waals surface area contributed by atoms with Crippen LogP contribution in [0.5, 0.6) is 0 Å². The van der Waals surface area contributed by atoms with Gasteiger partial charge in [0.15, 0.2) is 5.82 Å². The zero-order valence-electron chi connectivity index (χ0n) is 35.8. The van der Waals surface area contributed by atoms with E-state index >= 15 is 0 Å². The van der Waals surface area contributed by atoms with E-state index in [9.17, 15) is 0 Å². The second-order valence-corrected chi connectivity index (χ2v) is 17.7. The Morgan fingerprint density at radius 2 is 0.719 bits per heavy atom. The highest BCUT2D eigenvalue weighted by atomic mass is 14.9. The van der Waals surface area contributed by atoms with E-state index in [1.165, 1.54) is 50.1 Å². The highest BCUT2D eigenvalue weighted by Crippen LogP contribution is 2.62. The van der Waals surface area contributed by atoms with Gasteiger partial charge in [0.05, 0.1) is 16.8 Å². The van der Waals surface area contributed by atoms with E-state index in [0.717, 1.165) is 55.9 Å². The normalized spacial score (nSPS) is 13.7. The fraction of sp³-hybridized carbons (Fsp3) is 0.0645. The number of nitrogens with zero attached hydrogens (tertiary/aromatic N) is 2. The van der Waals surface area contributed by atoms with Crippen LogP contribution in [-0.2, 0) is 10.8 Å². The smallest absolute Gasteiger partial charge is 0.160 e. The molecule has 2 nitrogen and oxygen atoms in total. The average Bonchev–Trinajstić information content (AvgIpc) is 3.67. The van der Waals surface area contributed by atoms with E-state index in [0.29, 0.717) is 5.82 Å². The van der Waals surface area contributed by atoms with Gasteiger partial charge in [0, 0.05) is 22.1 Å². The molecular weight excluding hydrogens is 773 g/mol. The summed E-state index contributed by atoms with van der Waals surface area (Å²) in [6.45, 7) is 4.78. The van der Waals surface area contributed by atoms with Gasteiger partial charge in [0.25, 0.3) is 0 Å². The van der Waals surface area contributed by atoms with Crippen LogP contribution < -0.4 is 0 Å². The molecule has 0 amide bonds. The second kappa shape index (κ2) is 14.9. The van der Waals surface area contributed by atoms with Crippen LogP contribution in [-0.4, -0.2) is 9.97 Å². The van der Waals surface area contributed by atoms with Crippen molar-refractivity contribution < 1.29 is 0 Å². The molecule has 1 spiro atoms. The number of aromatic nitrogens is 2. The van der Waals surface area contributed by atoms with E-state index in [1.54, 1.807) is 0 Å². The third-order valence-corrected chi connectivity index (χ3v) is 13.8. The van der Waals surface area contributed by atoms with Gasteiger partial charge in [-0.3, -0.25) is 0 Å². The summed E-state index contributed by atoms with van der Waals surface area (Å²) in [5.74, 6) is 0.687. The molecule has 0 fully saturated rings. The second-order valence-electron chi connectivity index (χ2n) is 17.7. The highest BCUT2D eigenvalue weighted by molar-refractivity contribution is 5.91. The van der Waals surface area contributed by atoms with Gasteiger partial charge in [0.1, 0.15) is 0 Å². The van der Waals surface area contributed by atoms with Gasteiger partial charge in [-0.25, -0.2) is 9.97 Å². The number of benzene rings is 9. The summed E-state index contributed by atoms with van der Waals surface area (Å²) in [7, 11) is 0. The molecule has 1 heterocycles. The van der Waals surface area contributed by atoms with Crippen LogP contribution in [0.15, 0.2) is 231 Å². The highest BCUT2D eigenvalue weighted by Gasteiger charge is 2.53. The minimum Gasteiger partial charge on any atom is -0.228 e. The van der Waals surface area contributed by atoms with Gasteiger partial charge in [-0.15, -0.1) is 0 Å². The van der Waals surface area contributed by atoms with Crippen LogP contribution in [0.4, 0.5) is 0 Å². The Bertz CT molecular complexity index is 3270. The Kier molecular flexibility index (Phi) is 8.77. The lowest BCUT2D eigenvalue weighted by Gasteiger charge is -2.47. The van der Waals surface area contributed by atoms with Crippen molar-refractivity contribution in [1.29, 1.82) is 0 Å². The van der Waals surface area contributed by atoms with Crippen LogP contribution in [0.2, 0.25) is 0 Å². The molecule has 0 unspecified atom stereocenters. The lowest BCUT2D eigenvalue weighted by atomic mass is 9.55. The summed E-state index contributed by atoms with van der Waals surface area (Å²) < 4.78 is 0. The van der Waals surface area contributed by atoms with Crippen LogP contribution in [0, 0.1) is 0 Å². The Morgan fingerprint density at radius 1 is 0.266 bits per heavy atom. The van der Waals surface area contributed by atoms with Crippen molar-refractivity contribution in [2.75, 3.05) is 0 Å². The Balaban J connectivity index is 1.08. The molecule has 0 N–H and O–H groups in total. The number of rotatable bonds is 6. The van der Waals surface area contributed by atoms with Gasteiger partial charge < -0.3 is 0 Å². The Hall–Kier alpha value is -7.94. The molecule has 0 atom stereocenters. The van der Waals surface area contributed by atoms with E-state index < -0.39 is 5.41 Å². The SMILES string of the molecule is CC1(C)c2ccccc2C2(c3ccccc3-c3ccccc32)c2cc(-c3ccccc3-c3cc(-c4cccc(-c5ccccc5)c4)nc(-c4cccc(-c5ccccc5)c4)n3)ccc21. The maximum atomic E-state index is 5.46. The molecule has 1 aromatic heterocycles. The van der Waals surface area contributed by atoms with Crippen molar-refractivity contribution in [1.82, 2.24) is 9.97 Å². The lowest BCUT2D eigenvalue weighted by molar-refractivity contribution is 0.563. The molecule has 0 saturated heterocycles. The third kappa shape index (κ3) is 5.87. The predicted molar refractivity (Wildman–Crippen MR) is 264 cm³/mol. The number of hydrogen-bond acceptors (Lipinski definition) is 2. The molecule has 9 aromatic carbocycles. The molecule has 2 aliphatic carbocycles. The molecule has 0 bridgehead atoms. The topological polar surface area (TPSA) is 25.8 Å². The number of fused-ring (bicyclic) bond motifs is 9. The van der Waals surface area contributed by atoms with Crippen molar-refractivity contribution in [2.45, 2.75) is 24.7 Å². The van der Waals surface area contributed by atoms with Gasteiger partial charge >= 0.3 is 0 Å². The first-order chi connectivity index (χ1) is 31.5. The van der Waals surface area contributed by atoms with Crippen molar-refractivity contribution in [2.24, 2.45) is 0 Å². The first-order valence-electron chi connectivity index (χ1n) is 22.2. The van der Waals surface area contributed by atoms with E-state index in [1.807, 2.05) is 0 Å². The zero-order valence-corrected chi connectivity index (χ0v) is 35.8. The quantitative estimate of drug-likeness (QED) is 0.167. The Morgan fingerprint density at radius 3 is 1.36 bits per heavy atom. The molecule has 0 radical (unpaired) electrons. The maximum absolute atomic E-state index is 5.46. The molecule has 0 aliphatic heterocycles. The third-order valence-electron chi connectivity index (χ3n) is 13.8. The standard InChI is InChI=1S/C62H44N2/c1-61(2)54-33-15-16-34-56(54)62(52-31-13-11-28-49(52)50-29-12-14-32-53(50)62)57-39-45(35-36-55(57)61)48-27-9-10-30-51(48)59-40-58(46-25-17-23-43(37-46)41-19-5-3-6-20-41)63-60(64-59)47-26-18-24-44(38-47)42-21-7-4-8-22-42/h3-40H,1-2H3. The van der Waals surface area contributed by atoms with Gasteiger partial charge in [-0.05, 0) is 102 Å². The fourth-order valence-electron chi connectivity index (χ4n) is 10.8. The fourth-order valence-corrected chi connectivity index (χ4v) is 10.8. The van der Waals surface area contributed by atoms with Crippen LogP contribution in [0.3, 0.4) is 0 Å². The summed E-state index contributed by atoms with van der Waals surface area (Å²) in [5.41, 5.74) is 21.7. The van der Waals surface area contributed by atoms with Gasteiger partial charge in [-0.2, -0.15) is 0 Å². The predicted octanol–water partition coefficient (Wildman–Crippen LogP) is 15.5. The molecule has 12 rings (SSSR count). The average molecular weight is 817 g/mol. The van der Waals surface area contributed by atoms with E-state index in [2.05, 4.69) is 244 Å². The van der Waals surface area contributed by atoms with Gasteiger partial charge in [-0.1, -0.05) is 220 Å². The lowest BCUT2D eigenvalue weighted by Crippen LogP contribution is -2.40. The molecular formula is C62H44N2. The van der Waals surface area contributed by atoms with Crippen LogP contribution in [0.25, 0.3) is 78.4 Å². The zero-order chi connectivity index (χ0) is 42.8. The first-order valence-corrected chi connectivity index (χ1v) is 22.2. The molecule has 302 valence electrons. The van der Waals surface area contributed by atoms with Crippen molar-refractivity contribution >= 4 is 0 Å². The molecule has 2 heteroatoms. The van der Waals surface area contributed by atoms with E-state index in [-0.39, 0.29) is 5.41 Å².